The van der Waals surface area contributed by atoms with Crippen LogP contribution in [-0.2, 0) is 4.43 Å². The molecule has 1 unspecified atom stereocenters. The quantitative estimate of drug-likeness (QED) is 0.343. The summed E-state index contributed by atoms with van der Waals surface area (Å²) in [6, 6.07) is 3.59. The first-order valence-electron chi connectivity index (χ1n) is 7.22. The Morgan fingerprint density at radius 3 is 1.94 bits per heavy atom. The number of allylic oxidation sites excluding steroid dienone is 2. The van der Waals surface area contributed by atoms with Crippen molar-refractivity contribution in [1.82, 2.24) is 0 Å². The van der Waals surface area contributed by atoms with Crippen LogP contribution in [0.15, 0.2) is 11.3 Å². The van der Waals surface area contributed by atoms with Gasteiger partial charge in [-0.3, -0.25) is 0 Å². The highest BCUT2D eigenvalue weighted by molar-refractivity contribution is 6.73. The van der Waals surface area contributed by atoms with E-state index in [9.17, 15) is 0 Å². The van der Waals surface area contributed by atoms with Gasteiger partial charge in [-0.1, -0.05) is 27.7 Å². The van der Waals surface area contributed by atoms with E-state index in [-0.39, 0.29) is 0 Å². The van der Waals surface area contributed by atoms with Gasteiger partial charge in [-0.2, -0.15) is 0 Å². The molecule has 0 amide bonds. The number of rotatable bonds is 7. The normalized spacial score (nSPS) is 12.4. The molecule has 18 heavy (non-hydrogen) atoms. The topological polar surface area (TPSA) is 9.23 Å². The van der Waals surface area contributed by atoms with Crippen molar-refractivity contribution in [3.63, 3.8) is 0 Å². The van der Waals surface area contributed by atoms with Crippen LogP contribution >= 0.6 is 0 Å². The largest absolute Gasteiger partial charge is 0.546 e. The molecule has 0 aliphatic carbocycles. The van der Waals surface area contributed by atoms with E-state index >= 15 is 0 Å². The first-order valence-corrected chi connectivity index (χ1v) is 9.75. The van der Waals surface area contributed by atoms with Crippen molar-refractivity contribution in [2.45, 2.75) is 73.0 Å². The SMILES string of the molecule is CC#CCC(C)C(O[Si](CC)(CC)CC)=C(C)C. The summed E-state index contributed by atoms with van der Waals surface area (Å²) in [5, 5.41) is 0. The third kappa shape index (κ3) is 4.90. The minimum atomic E-state index is -1.55. The summed E-state index contributed by atoms with van der Waals surface area (Å²) in [4.78, 5) is 0. The lowest BCUT2D eigenvalue weighted by Crippen LogP contribution is -2.36. The third-order valence-corrected chi connectivity index (χ3v) is 8.30. The van der Waals surface area contributed by atoms with Gasteiger partial charge >= 0.3 is 0 Å². The Kier molecular flexibility index (Phi) is 8.10. The van der Waals surface area contributed by atoms with Gasteiger partial charge in [0.2, 0.25) is 8.32 Å². The van der Waals surface area contributed by atoms with E-state index in [1.54, 1.807) is 0 Å². The molecule has 0 N–H and O–H groups in total. The Balaban J connectivity index is 5.03. The summed E-state index contributed by atoms with van der Waals surface area (Å²) in [7, 11) is -1.55. The lowest BCUT2D eigenvalue weighted by molar-refractivity contribution is 0.337. The standard InChI is InChI=1S/C16H30OSi/c1-8-12-13-15(7)16(14(5)6)17-18(9-2,10-3)11-4/h15H,9-11,13H2,1-7H3. The van der Waals surface area contributed by atoms with Crippen LogP contribution in [0.5, 0.6) is 0 Å². The fourth-order valence-corrected chi connectivity index (χ4v) is 5.05. The van der Waals surface area contributed by atoms with Crippen LogP contribution in [0.4, 0.5) is 0 Å². The van der Waals surface area contributed by atoms with Crippen LogP contribution < -0.4 is 0 Å². The lowest BCUT2D eigenvalue weighted by atomic mass is 10.0. The minimum absolute atomic E-state index is 0.416. The van der Waals surface area contributed by atoms with Crippen molar-refractivity contribution in [2.24, 2.45) is 5.92 Å². The third-order valence-electron chi connectivity index (χ3n) is 3.78. The van der Waals surface area contributed by atoms with Gasteiger partial charge in [-0.05, 0) is 44.5 Å². The van der Waals surface area contributed by atoms with Gasteiger partial charge in [0.25, 0.3) is 0 Å². The monoisotopic (exact) mass is 266 g/mol. The predicted octanol–water partition coefficient (Wildman–Crippen LogP) is 5.35. The second-order valence-electron chi connectivity index (χ2n) is 5.24. The highest BCUT2D eigenvalue weighted by Gasteiger charge is 2.32. The first-order chi connectivity index (χ1) is 8.46. The fourth-order valence-electron chi connectivity index (χ4n) is 2.24. The van der Waals surface area contributed by atoms with Crippen molar-refractivity contribution in [2.75, 3.05) is 0 Å². The van der Waals surface area contributed by atoms with E-state index in [0.717, 1.165) is 6.42 Å². The molecule has 0 aromatic rings. The van der Waals surface area contributed by atoms with Crippen LogP contribution in [0.2, 0.25) is 18.1 Å². The van der Waals surface area contributed by atoms with Gasteiger partial charge in [-0.25, -0.2) is 0 Å². The zero-order valence-corrected chi connectivity index (χ0v) is 14.3. The van der Waals surface area contributed by atoms with Gasteiger partial charge in [0.1, 0.15) is 0 Å². The number of hydrogen-bond donors (Lipinski definition) is 0. The predicted molar refractivity (Wildman–Crippen MR) is 83.9 cm³/mol. The zero-order chi connectivity index (χ0) is 14.2. The van der Waals surface area contributed by atoms with Crippen molar-refractivity contribution < 1.29 is 4.43 Å². The van der Waals surface area contributed by atoms with E-state index < -0.39 is 8.32 Å². The average molecular weight is 267 g/mol. The maximum atomic E-state index is 6.56. The second-order valence-corrected chi connectivity index (χ2v) is 9.93. The average Bonchev–Trinajstić information content (AvgIpc) is 2.38. The Bertz CT molecular complexity index is 316. The Labute approximate surface area is 115 Å². The van der Waals surface area contributed by atoms with Crippen LogP contribution in [0.1, 0.15) is 54.9 Å². The smallest absolute Gasteiger partial charge is 0.250 e. The molecule has 0 aliphatic heterocycles. The van der Waals surface area contributed by atoms with E-state index in [2.05, 4.69) is 53.4 Å². The summed E-state index contributed by atoms with van der Waals surface area (Å²) in [6.07, 6.45) is 0.901. The van der Waals surface area contributed by atoms with Gasteiger partial charge < -0.3 is 4.43 Å². The lowest BCUT2D eigenvalue weighted by Gasteiger charge is -2.33. The maximum Gasteiger partial charge on any atom is 0.250 e. The van der Waals surface area contributed by atoms with Crippen LogP contribution in [0, 0.1) is 17.8 Å². The van der Waals surface area contributed by atoms with E-state index in [4.69, 9.17) is 4.43 Å². The molecule has 0 saturated heterocycles. The first kappa shape index (κ1) is 17.3. The molecular formula is C16H30OSi. The van der Waals surface area contributed by atoms with Gasteiger partial charge in [0.05, 0.1) is 5.76 Å². The minimum Gasteiger partial charge on any atom is -0.546 e. The highest BCUT2D eigenvalue weighted by Crippen LogP contribution is 2.30. The molecule has 0 heterocycles. The fraction of sp³-hybridized carbons (Fsp3) is 0.750. The van der Waals surface area contributed by atoms with Crippen molar-refractivity contribution in [1.29, 1.82) is 0 Å². The summed E-state index contributed by atoms with van der Waals surface area (Å²) < 4.78 is 6.56. The second kappa shape index (κ2) is 8.42. The number of hydrogen-bond acceptors (Lipinski definition) is 1. The molecule has 0 fully saturated rings. The Morgan fingerprint density at radius 2 is 1.61 bits per heavy atom. The van der Waals surface area contributed by atoms with E-state index in [1.807, 2.05) is 6.92 Å². The molecule has 0 rings (SSSR count). The summed E-state index contributed by atoms with van der Waals surface area (Å²) in [5.41, 5.74) is 1.31. The van der Waals surface area contributed by atoms with E-state index in [1.165, 1.54) is 29.5 Å². The van der Waals surface area contributed by atoms with Gasteiger partial charge in [-0.15, -0.1) is 11.8 Å². The molecule has 1 nitrogen and oxygen atoms in total. The summed E-state index contributed by atoms with van der Waals surface area (Å²) in [6.45, 7) is 15.3. The molecule has 2 heteroatoms. The molecular weight excluding hydrogens is 236 g/mol. The molecule has 0 spiro atoms. The van der Waals surface area contributed by atoms with E-state index in [0.29, 0.717) is 5.92 Å². The molecule has 0 bridgehead atoms. The van der Waals surface area contributed by atoms with Crippen LogP contribution in [0.25, 0.3) is 0 Å². The Morgan fingerprint density at radius 1 is 1.11 bits per heavy atom. The van der Waals surface area contributed by atoms with Crippen molar-refractivity contribution in [3.8, 4) is 11.8 Å². The zero-order valence-electron chi connectivity index (χ0n) is 13.3. The maximum absolute atomic E-state index is 6.56. The molecule has 0 aliphatic rings. The highest BCUT2D eigenvalue weighted by atomic mass is 28.4. The summed E-state index contributed by atoms with van der Waals surface area (Å²) in [5.74, 6) is 7.77. The molecule has 0 aromatic heterocycles. The van der Waals surface area contributed by atoms with Crippen LogP contribution in [0.3, 0.4) is 0 Å². The molecule has 1 atom stereocenters. The Hall–Kier alpha value is -0.683. The molecule has 0 aromatic carbocycles. The van der Waals surface area contributed by atoms with Crippen molar-refractivity contribution in [3.05, 3.63) is 11.3 Å². The molecule has 0 saturated carbocycles. The van der Waals surface area contributed by atoms with Crippen molar-refractivity contribution >= 4 is 8.32 Å². The van der Waals surface area contributed by atoms with Crippen LogP contribution in [-0.4, -0.2) is 8.32 Å². The molecule has 0 radical (unpaired) electrons. The van der Waals surface area contributed by atoms with Gasteiger partial charge in [0, 0.05) is 12.3 Å². The summed E-state index contributed by atoms with van der Waals surface area (Å²) >= 11 is 0. The van der Waals surface area contributed by atoms with Gasteiger partial charge in [0.15, 0.2) is 0 Å². The molecule has 104 valence electrons.